The molecule has 166 valence electrons. The van der Waals surface area contributed by atoms with E-state index in [0.717, 1.165) is 52.0 Å². The Kier molecular flexibility index (Phi) is 9.05. The van der Waals surface area contributed by atoms with Crippen LogP contribution in [0.5, 0.6) is 5.75 Å². The van der Waals surface area contributed by atoms with E-state index in [2.05, 4.69) is 39.9 Å². The van der Waals surface area contributed by atoms with E-state index in [1.807, 2.05) is 34.6 Å². The van der Waals surface area contributed by atoms with E-state index in [4.69, 9.17) is 9.47 Å². The van der Waals surface area contributed by atoms with Gasteiger partial charge in [-0.1, -0.05) is 24.7 Å². The number of anilines is 1. The van der Waals surface area contributed by atoms with E-state index in [9.17, 15) is 4.79 Å². The van der Waals surface area contributed by atoms with Crippen LogP contribution in [0.25, 0.3) is 10.6 Å². The first-order chi connectivity index (χ1) is 14.2. The fraction of sp³-hybridized carbons (Fsp3) is 0.591. The van der Waals surface area contributed by atoms with E-state index < -0.39 is 5.60 Å². The number of esters is 1. The molecule has 30 heavy (non-hydrogen) atoms. The van der Waals surface area contributed by atoms with Crippen LogP contribution in [0, 0.1) is 13.8 Å². The van der Waals surface area contributed by atoms with Gasteiger partial charge < -0.3 is 20.1 Å². The van der Waals surface area contributed by atoms with Crippen LogP contribution in [-0.4, -0.2) is 48.0 Å². The summed E-state index contributed by atoms with van der Waals surface area (Å²) in [5, 5.41) is 16.7. The number of rotatable bonds is 11. The quantitative estimate of drug-likeness (QED) is 0.402. The van der Waals surface area contributed by atoms with Crippen LogP contribution >= 0.6 is 11.3 Å². The van der Waals surface area contributed by atoms with E-state index in [1.54, 1.807) is 11.3 Å². The Hall–Kier alpha value is -2.19. The summed E-state index contributed by atoms with van der Waals surface area (Å²) in [5.74, 6) is 0.600. The monoisotopic (exact) mass is 434 g/mol. The second-order valence-electron chi connectivity index (χ2n) is 8.24. The second-order valence-corrected chi connectivity index (χ2v) is 9.22. The maximum atomic E-state index is 11.7. The number of nitrogens with one attached hydrogen (secondary N) is 2. The van der Waals surface area contributed by atoms with Gasteiger partial charge in [0.05, 0.1) is 6.54 Å². The number of carbonyl (C=O) groups excluding carboxylic acids is 1. The number of nitrogens with zero attached hydrogens (tertiary/aromatic N) is 2. The third-order valence-corrected chi connectivity index (χ3v) is 5.08. The van der Waals surface area contributed by atoms with E-state index >= 15 is 0 Å². The zero-order chi connectivity index (χ0) is 22.1. The van der Waals surface area contributed by atoms with Crippen molar-refractivity contribution in [1.82, 2.24) is 15.5 Å². The molecule has 2 aromatic rings. The highest BCUT2D eigenvalue weighted by Gasteiger charge is 2.16. The molecule has 0 saturated heterocycles. The highest BCUT2D eigenvalue weighted by atomic mass is 32.1. The first kappa shape index (κ1) is 24.1. The number of hydrogen-bond donors (Lipinski definition) is 2. The number of benzene rings is 1. The lowest BCUT2D eigenvalue weighted by atomic mass is 10.1. The fourth-order valence-corrected chi connectivity index (χ4v) is 3.63. The average Bonchev–Trinajstić information content (AvgIpc) is 3.11. The lowest BCUT2D eigenvalue weighted by Gasteiger charge is -2.19. The minimum atomic E-state index is -0.468. The van der Waals surface area contributed by atoms with Crippen molar-refractivity contribution < 1.29 is 14.3 Å². The van der Waals surface area contributed by atoms with Gasteiger partial charge in [-0.05, 0) is 64.3 Å². The molecule has 2 N–H and O–H groups in total. The van der Waals surface area contributed by atoms with Crippen LogP contribution in [0.3, 0.4) is 0 Å². The summed E-state index contributed by atoms with van der Waals surface area (Å²) in [5.41, 5.74) is 2.67. The number of unbranched alkanes of at least 4 members (excludes halogenated alkanes) is 1. The second kappa shape index (κ2) is 11.3. The SMILES string of the molecule is CCCCNc1nnc(-c2cc(C)c(OCCNCC(=O)OC(C)(C)C)c(C)c2)s1. The number of hydrogen-bond acceptors (Lipinski definition) is 8. The highest BCUT2D eigenvalue weighted by Crippen LogP contribution is 2.32. The first-order valence-electron chi connectivity index (χ1n) is 10.4. The van der Waals surface area contributed by atoms with E-state index in [1.165, 1.54) is 0 Å². The molecule has 0 unspecified atom stereocenters. The molecule has 0 bridgehead atoms. The number of ether oxygens (including phenoxy) is 2. The van der Waals surface area contributed by atoms with Crippen molar-refractivity contribution in [2.75, 3.05) is 31.6 Å². The van der Waals surface area contributed by atoms with Crippen molar-refractivity contribution in [3.05, 3.63) is 23.3 Å². The van der Waals surface area contributed by atoms with Crippen molar-refractivity contribution in [2.24, 2.45) is 0 Å². The van der Waals surface area contributed by atoms with Crippen molar-refractivity contribution in [1.29, 1.82) is 0 Å². The topological polar surface area (TPSA) is 85.4 Å². The Morgan fingerprint density at radius 3 is 2.47 bits per heavy atom. The minimum Gasteiger partial charge on any atom is -0.492 e. The van der Waals surface area contributed by atoms with Crippen molar-refractivity contribution in [3.8, 4) is 16.3 Å². The predicted molar refractivity (Wildman–Crippen MR) is 122 cm³/mol. The lowest BCUT2D eigenvalue weighted by molar-refractivity contribution is -0.153. The van der Waals surface area contributed by atoms with Crippen LogP contribution in [0.4, 0.5) is 5.13 Å². The van der Waals surface area contributed by atoms with Crippen LogP contribution in [-0.2, 0) is 9.53 Å². The smallest absolute Gasteiger partial charge is 0.320 e. The van der Waals surface area contributed by atoms with Crippen molar-refractivity contribution in [3.63, 3.8) is 0 Å². The molecule has 0 fully saturated rings. The van der Waals surface area contributed by atoms with Gasteiger partial charge in [0.15, 0.2) is 0 Å². The van der Waals surface area contributed by atoms with Crippen molar-refractivity contribution >= 4 is 22.4 Å². The van der Waals surface area contributed by atoms with Gasteiger partial charge in [-0.2, -0.15) is 0 Å². The summed E-state index contributed by atoms with van der Waals surface area (Å²) in [6.45, 7) is 13.9. The third kappa shape index (κ3) is 7.91. The molecule has 1 aromatic heterocycles. The van der Waals surface area contributed by atoms with E-state index in [0.29, 0.717) is 13.2 Å². The number of carbonyl (C=O) groups is 1. The summed E-state index contributed by atoms with van der Waals surface area (Å²) < 4.78 is 11.2. The molecule has 1 aromatic carbocycles. The summed E-state index contributed by atoms with van der Waals surface area (Å²) in [6, 6.07) is 4.15. The summed E-state index contributed by atoms with van der Waals surface area (Å²) in [4.78, 5) is 11.7. The normalized spacial score (nSPS) is 11.4. The number of aryl methyl sites for hydroxylation is 2. The minimum absolute atomic E-state index is 0.170. The summed E-state index contributed by atoms with van der Waals surface area (Å²) >= 11 is 1.56. The van der Waals surface area contributed by atoms with E-state index in [-0.39, 0.29) is 12.5 Å². The fourth-order valence-electron chi connectivity index (χ4n) is 2.88. The largest absolute Gasteiger partial charge is 0.492 e. The zero-order valence-corrected chi connectivity index (χ0v) is 19.7. The summed E-state index contributed by atoms with van der Waals surface area (Å²) in [6.07, 6.45) is 2.26. The molecule has 0 saturated carbocycles. The Morgan fingerprint density at radius 2 is 1.83 bits per heavy atom. The summed E-state index contributed by atoms with van der Waals surface area (Å²) in [7, 11) is 0. The molecular weight excluding hydrogens is 400 g/mol. The van der Waals surface area contributed by atoms with Gasteiger partial charge >= 0.3 is 5.97 Å². The van der Waals surface area contributed by atoms with Gasteiger partial charge in [-0.25, -0.2) is 0 Å². The van der Waals surface area contributed by atoms with Crippen LogP contribution in [0.15, 0.2) is 12.1 Å². The van der Waals surface area contributed by atoms with Gasteiger partial charge in [0.1, 0.15) is 23.0 Å². The molecule has 7 nitrogen and oxygen atoms in total. The molecule has 0 atom stereocenters. The lowest BCUT2D eigenvalue weighted by Crippen LogP contribution is -2.33. The zero-order valence-electron chi connectivity index (χ0n) is 18.9. The Morgan fingerprint density at radius 1 is 1.13 bits per heavy atom. The Labute approximate surface area is 183 Å². The van der Waals surface area contributed by atoms with Crippen molar-refractivity contribution in [2.45, 2.75) is 60.0 Å². The van der Waals surface area contributed by atoms with Crippen LogP contribution < -0.4 is 15.4 Å². The third-order valence-electron chi connectivity index (χ3n) is 4.15. The number of aromatic nitrogens is 2. The molecule has 8 heteroatoms. The highest BCUT2D eigenvalue weighted by molar-refractivity contribution is 7.18. The standard InChI is InChI=1S/C22H34N4O3S/c1-7-8-9-24-21-26-25-20(30-21)17-12-15(2)19(16(3)13-17)28-11-10-23-14-18(27)29-22(4,5)6/h12-13,23H,7-11,14H2,1-6H3,(H,24,26). The Balaban J connectivity index is 1.87. The molecule has 2 rings (SSSR count). The maximum absolute atomic E-state index is 11.7. The Bertz CT molecular complexity index is 807. The first-order valence-corrected chi connectivity index (χ1v) is 11.3. The molecule has 0 aliphatic heterocycles. The molecule has 0 aliphatic carbocycles. The van der Waals surface area contributed by atoms with Gasteiger partial charge in [-0.15, -0.1) is 10.2 Å². The molecule has 0 spiro atoms. The molecule has 0 radical (unpaired) electrons. The van der Waals surface area contributed by atoms with Gasteiger partial charge in [0, 0.05) is 18.7 Å². The van der Waals surface area contributed by atoms with Gasteiger partial charge in [0.25, 0.3) is 0 Å². The molecular formula is C22H34N4O3S. The van der Waals surface area contributed by atoms with Crippen LogP contribution in [0.1, 0.15) is 51.7 Å². The van der Waals surface area contributed by atoms with Crippen LogP contribution in [0.2, 0.25) is 0 Å². The van der Waals surface area contributed by atoms with Gasteiger partial charge in [0.2, 0.25) is 5.13 Å². The molecule has 0 amide bonds. The molecule has 1 heterocycles. The maximum Gasteiger partial charge on any atom is 0.320 e. The predicted octanol–water partition coefficient (Wildman–Crippen LogP) is 4.34. The average molecular weight is 435 g/mol. The molecule has 0 aliphatic rings. The van der Waals surface area contributed by atoms with Gasteiger partial charge in [-0.3, -0.25) is 4.79 Å².